The molecule has 30 heavy (non-hydrogen) atoms. The van der Waals surface area contributed by atoms with Gasteiger partial charge in [0.15, 0.2) is 5.96 Å². The Balaban J connectivity index is 0.00000320. The molecule has 2 fully saturated rings. The van der Waals surface area contributed by atoms with E-state index >= 15 is 0 Å². The monoisotopic (exact) mass is 532 g/mol. The van der Waals surface area contributed by atoms with Crippen molar-refractivity contribution in [1.82, 2.24) is 15.1 Å². The summed E-state index contributed by atoms with van der Waals surface area (Å²) in [5, 5.41) is 3.45. The maximum atomic E-state index is 13.6. The van der Waals surface area contributed by atoms with Crippen LogP contribution in [0.15, 0.2) is 29.3 Å². The van der Waals surface area contributed by atoms with Crippen LogP contribution in [0, 0.1) is 11.7 Å². The first-order valence-electron chi connectivity index (χ1n) is 10.5. The summed E-state index contributed by atoms with van der Waals surface area (Å²) in [6, 6.07) is 6.76. The number of nitrogens with zero attached hydrogens (tertiary/aromatic N) is 3. The Morgan fingerprint density at radius 1 is 1.20 bits per heavy atom. The number of nitrogens with one attached hydrogen (secondary N) is 1. The third-order valence-electron chi connectivity index (χ3n) is 5.97. The van der Waals surface area contributed by atoms with Gasteiger partial charge in [-0.25, -0.2) is 4.39 Å². The summed E-state index contributed by atoms with van der Waals surface area (Å²) in [6.45, 7) is 9.14. The number of aliphatic imine (C=N–C) groups is 1. The standard InChI is InChI=1S/C22H33FN4O2.HI/c1-22(2,18-5-4-6-19(23)15-18)16-25-21(24-3)27-9-7-17(8-10-27)20(28)26-11-13-29-14-12-26;/h4-6,15,17H,7-14,16H2,1-3H3,(H,24,25);1H. The van der Waals surface area contributed by atoms with Gasteiger partial charge in [0.05, 0.1) is 13.2 Å². The lowest BCUT2D eigenvalue weighted by atomic mass is 9.84. The van der Waals surface area contributed by atoms with E-state index in [1.54, 1.807) is 19.2 Å². The van der Waals surface area contributed by atoms with E-state index in [2.05, 4.69) is 29.1 Å². The smallest absolute Gasteiger partial charge is 0.225 e. The number of hydrogen-bond acceptors (Lipinski definition) is 3. The SMILES string of the molecule is CN=C(NCC(C)(C)c1cccc(F)c1)N1CCC(C(=O)N2CCOCC2)CC1.I. The molecule has 0 radical (unpaired) electrons. The molecule has 8 heteroatoms. The average molecular weight is 532 g/mol. The molecule has 2 aliphatic rings. The summed E-state index contributed by atoms with van der Waals surface area (Å²) in [5.74, 6) is 0.980. The molecule has 0 bridgehead atoms. The van der Waals surface area contributed by atoms with Crippen LogP contribution in [-0.2, 0) is 14.9 Å². The van der Waals surface area contributed by atoms with E-state index in [0.717, 1.165) is 37.5 Å². The highest BCUT2D eigenvalue weighted by Crippen LogP contribution is 2.24. The molecular weight excluding hydrogens is 498 g/mol. The van der Waals surface area contributed by atoms with Gasteiger partial charge in [0.2, 0.25) is 5.91 Å². The van der Waals surface area contributed by atoms with Crippen molar-refractivity contribution in [3.63, 3.8) is 0 Å². The molecular formula is C22H34FIN4O2. The molecule has 168 valence electrons. The van der Waals surface area contributed by atoms with Gasteiger partial charge in [-0.15, -0.1) is 24.0 Å². The van der Waals surface area contributed by atoms with E-state index in [1.165, 1.54) is 6.07 Å². The lowest BCUT2D eigenvalue weighted by molar-refractivity contribution is -0.140. The van der Waals surface area contributed by atoms with Gasteiger partial charge < -0.3 is 19.9 Å². The highest BCUT2D eigenvalue weighted by Gasteiger charge is 2.31. The zero-order valence-corrected chi connectivity index (χ0v) is 20.5. The molecule has 6 nitrogen and oxygen atoms in total. The molecule has 0 unspecified atom stereocenters. The van der Waals surface area contributed by atoms with Crippen molar-refractivity contribution >= 4 is 35.8 Å². The van der Waals surface area contributed by atoms with Crippen LogP contribution in [0.3, 0.4) is 0 Å². The van der Waals surface area contributed by atoms with E-state index < -0.39 is 0 Å². The number of morpholine rings is 1. The predicted octanol–water partition coefficient (Wildman–Crippen LogP) is 2.87. The van der Waals surface area contributed by atoms with E-state index in [0.29, 0.717) is 32.8 Å². The average Bonchev–Trinajstić information content (AvgIpc) is 2.75. The van der Waals surface area contributed by atoms with Crippen molar-refractivity contribution in [2.45, 2.75) is 32.1 Å². The second-order valence-corrected chi connectivity index (χ2v) is 8.49. The molecule has 0 spiro atoms. The first-order valence-corrected chi connectivity index (χ1v) is 10.5. The molecule has 0 aliphatic carbocycles. The fourth-order valence-corrected chi connectivity index (χ4v) is 4.02. The molecule has 3 rings (SSSR count). The molecule has 1 amide bonds. The zero-order chi connectivity index (χ0) is 20.9. The second kappa shape index (κ2) is 11.3. The zero-order valence-electron chi connectivity index (χ0n) is 18.2. The third kappa shape index (κ3) is 6.29. The van der Waals surface area contributed by atoms with E-state index in [1.807, 2.05) is 11.0 Å². The Kier molecular flexibility index (Phi) is 9.33. The van der Waals surface area contributed by atoms with Gasteiger partial charge in [-0.2, -0.15) is 0 Å². The number of piperidine rings is 1. The minimum absolute atomic E-state index is 0. The minimum atomic E-state index is -0.233. The summed E-state index contributed by atoms with van der Waals surface area (Å²) in [7, 11) is 1.78. The fourth-order valence-electron chi connectivity index (χ4n) is 4.02. The molecule has 2 saturated heterocycles. The van der Waals surface area contributed by atoms with Gasteiger partial charge >= 0.3 is 0 Å². The van der Waals surface area contributed by atoms with Crippen molar-refractivity contribution < 1.29 is 13.9 Å². The van der Waals surface area contributed by atoms with E-state index in [-0.39, 0.29) is 47.0 Å². The summed E-state index contributed by atoms with van der Waals surface area (Å²) in [4.78, 5) is 21.3. The molecule has 2 aliphatic heterocycles. The number of rotatable bonds is 4. The largest absolute Gasteiger partial charge is 0.378 e. The Labute approximate surface area is 196 Å². The molecule has 0 saturated carbocycles. The highest BCUT2D eigenvalue weighted by molar-refractivity contribution is 14.0. The van der Waals surface area contributed by atoms with Crippen molar-refractivity contribution in [3.8, 4) is 0 Å². The first kappa shape index (κ1) is 24.8. The van der Waals surface area contributed by atoms with Crippen LogP contribution >= 0.6 is 24.0 Å². The molecule has 0 aromatic heterocycles. The molecule has 1 aromatic rings. The van der Waals surface area contributed by atoms with Gasteiger partial charge in [0.1, 0.15) is 5.82 Å². The Bertz CT molecular complexity index is 730. The maximum absolute atomic E-state index is 13.6. The third-order valence-corrected chi connectivity index (χ3v) is 5.97. The maximum Gasteiger partial charge on any atom is 0.225 e. The van der Waals surface area contributed by atoms with Crippen molar-refractivity contribution in [3.05, 3.63) is 35.6 Å². The van der Waals surface area contributed by atoms with Crippen LogP contribution in [0.4, 0.5) is 4.39 Å². The van der Waals surface area contributed by atoms with Crippen LogP contribution < -0.4 is 5.32 Å². The van der Waals surface area contributed by atoms with Crippen molar-refractivity contribution in [1.29, 1.82) is 0 Å². The minimum Gasteiger partial charge on any atom is -0.378 e. The van der Waals surface area contributed by atoms with E-state index in [9.17, 15) is 9.18 Å². The molecule has 2 heterocycles. The van der Waals surface area contributed by atoms with Crippen LogP contribution in [0.2, 0.25) is 0 Å². The van der Waals surface area contributed by atoms with Gasteiger partial charge in [0, 0.05) is 51.1 Å². The van der Waals surface area contributed by atoms with Gasteiger partial charge in [-0.1, -0.05) is 26.0 Å². The number of halogens is 2. The van der Waals surface area contributed by atoms with Crippen LogP contribution in [0.5, 0.6) is 0 Å². The summed E-state index contributed by atoms with van der Waals surface area (Å²) in [5.41, 5.74) is 0.720. The summed E-state index contributed by atoms with van der Waals surface area (Å²) in [6.07, 6.45) is 1.67. The number of ether oxygens (including phenoxy) is 1. The lowest BCUT2D eigenvalue weighted by Gasteiger charge is -2.37. The highest BCUT2D eigenvalue weighted by atomic mass is 127. The lowest BCUT2D eigenvalue weighted by Crippen LogP contribution is -2.51. The number of benzene rings is 1. The number of guanidine groups is 1. The van der Waals surface area contributed by atoms with Crippen LogP contribution in [0.25, 0.3) is 0 Å². The number of carbonyl (C=O) groups is 1. The number of carbonyl (C=O) groups excluding carboxylic acids is 1. The fraction of sp³-hybridized carbons (Fsp3) is 0.636. The Morgan fingerprint density at radius 3 is 2.47 bits per heavy atom. The summed E-state index contributed by atoms with van der Waals surface area (Å²) < 4.78 is 18.9. The topological polar surface area (TPSA) is 57.2 Å². The van der Waals surface area contributed by atoms with E-state index in [4.69, 9.17) is 4.74 Å². The van der Waals surface area contributed by atoms with Gasteiger partial charge in [-0.05, 0) is 30.5 Å². The molecule has 0 atom stereocenters. The predicted molar refractivity (Wildman–Crippen MR) is 128 cm³/mol. The van der Waals surface area contributed by atoms with Crippen molar-refractivity contribution in [2.24, 2.45) is 10.9 Å². The number of hydrogen-bond donors (Lipinski definition) is 1. The summed E-state index contributed by atoms with van der Waals surface area (Å²) >= 11 is 0. The number of likely N-dealkylation sites (tertiary alicyclic amines) is 1. The molecule has 1 aromatic carbocycles. The Morgan fingerprint density at radius 2 is 1.87 bits per heavy atom. The van der Waals surface area contributed by atoms with Crippen molar-refractivity contribution in [2.75, 3.05) is 53.0 Å². The normalized spacial score (nSPS) is 18.7. The number of amides is 1. The Hall–Kier alpha value is -1.42. The van der Waals surface area contributed by atoms with Gasteiger partial charge in [0.25, 0.3) is 0 Å². The van der Waals surface area contributed by atoms with Crippen LogP contribution in [-0.4, -0.2) is 74.7 Å². The quantitative estimate of drug-likeness (QED) is 0.368. The first-order chi connectivity index (χ1) is 13.9. The van der Waals surface area contributed by atoms with Gasteiger partial charge in [-0.3, -0.25) is 9.79 Å². The van der Waals surface area contributed by atoms with Crippen LogP contribution in [0.1, 0.15) is 32.3 Å². The second-order valence-electron chi connectivity index (χ2n) is 8.49. The molecule has 1 N–H and O–H groups in total.